The zero-order chi connectivity index (χ0) is 22.4. The zero-order valence-corrected chi connectivity index (χ0v) is 19.2. The highest BCUT2D eigenvalue weighted by Gasteiger charge is 2.33. The van der Waals surface area contributed by atoms with Gasteiger partial charge in [-0.2, -0.15) is 3.71 Å². The van der Waals surface area contributed by atoms with Crippen molar-refractivity contribution in [3.63, 3.8) is 0 Å². The summed E-state index contributed by atoms with van der Waals surface area (Å²) >= 11 is 0. The van der Waals surface area contributed by atoms with Crippen molar-refractivity contribution in [3.05, 3.63) is 47.2 Å². The Bertz CT molecular complexity index is 1190. The summed E-state index contributed by atoms with van der Waals surface area (Å²) in [5.74, 6) is -0.0371. The quantitative estimate of drug-likeness (QED) is 0.668. The van der Waals surface area contributed by atoms with Crippen molar-refractivity contribution in [2.75, 3.05) is 16.2 Å². The van der Waals surface area contributed by atoms with E-state index in [4.69, 9.17) is 0 Å². The van der Waals surface area contributed by atoms with E-state index >= 15 is 0 Å². The number of pyridine rings is 1. The van der Waals surface area contributed by atoms with E-state index in [1.165, 1.54) is 12.1 Å². The maximum atomic E-state index is 12.8. The molecule has 1 atom stereocenters. The Morgan fingerprint density at radius 2 is 1.77 bits per heavy atom. The van der Waals surface area contributed by atoms with Crippen LogP contribution in [0.2, 0.25) is 0 Å². The SMILES string of the molecule is CCC(C)N1Cc2cc(-c3cccc(N(S(C)(=O)=O)S(C)(=O)=O)c3)nc(C)c2C1=O. The number of carbonyl (C=O) groups is 1. The van der Waals surface area contributed by atoms with Crippen LogP contribution >= 0.6 is 0 Å². The molecule has 1 unspecified atom stereocenters. The molecule has 1 aliphatic heterocycles. The number of fused-ring (bicyclic) bond motifs is 1. The highest BCUT2D eigenvalue weighted by Crippen LogP contribution is 2.32. The molecule has 0 saturated carbocycles. The maximum Gasteiger partial charge on any atom is 0.256 e. The molecule has 0 N–H and O–H groups in total. The fraction of sp³-hybridized carbons (Fsp3) is 0.400. The van der Waals surface area contributed by atoms with E-state index in [1.807, 2.05) is 24.8 Å². The van der Waals surface area contributed by atoms with Gasteiger partial charge in [-0.15, -0.1) is 0 Å². The standard InChI is InChI=1S/C20H25N3O5S2/c1-6-13(2)22-12-16-11-18(21-14(3)19(16)20(22)24)15-8-7-9-17(10-15)23(29(4,25)26)30(5,27)28/h7-11,13H,6,12H2,1-5H3. The van der Waals surface area contributed by atoms with Gasteiger partial charge in [-0.3, -0.25) is 9.78 Å². The van der Waals surface area contributed by atoms with Crippen molar-refractivity contribution in [3.8, 4) is 11.3 Å². The molecular weight excluding hydrogens is 426 g/mol. The molecule has 162 valence electrons. The van der Waals surface area contributed by atoms with Gasteiger partial charge < -0.3 is 4.90 Å². The third-order valence-corrected chi connectivity index (χ3v) is 8.43. The first-order chi connectivity index (χ1) is 13.8. The highest BCUT2D eigenvalue weighted by molar-refractivity contribution is 8.09. The van der Waals surface area contributed by atoms with Gasteiger partial charge in [0.05, 0.1) is 35.2 Å². The van der Waals surface area contributed by atoms with Crippen molar-refractivity contribution in [2.45, 2.75) is 39.8 Å². The molecule has 30 heavy (non-hydrogen) atoms. The van der Waals surface area contributed by atoms with Crippen molar-refractivity contribution < 1.29 is 21.6 Å². The Balaban J connectivity index is 2.09. The van der Waals surface area contributed by atoms with Gasteiger partial charge in [-0.1, -0.05) is 19.1 Å². The number of carbonyl (C=O) groups excluding carboxylic acids is 1. The van der Waals surface area contributed by atoms with Gasteiger partial charge in [-0.05, 0) is 44.0 Å². The van der Waals surface area contributed by atoms with Crippen LogP contribution in [0, 0.1) is 6.92 Å². The number of aromatic nitrogens is 1. The molecular formula is C20H25N3O5S2. The van der Waals surface area contributed by atoms with Crippen LogP contribution in [0.4, 0.5) is 5.69 Å². The van der Waals surface area contributed by atoms with Crippen LogP contribution in [0.5, 0.6) is 0 Å². The van der Waals surface area contributed by atoms with Crippen LogP contribution in [0.1, 0.15) is 41.9 Å². The molecule has 2 aromatic rings. The highest BCUT2D eigenvalue weighted by atomic mass is 32.3. The third-order valence-electron chi connectivity index (χ3n) is 5.18. The Labute approximate surface area is 177 Å². The summed E-state index contributed by atoms with van der Waals surface area (Å²) in [6.07, 6.45) is 2.52. The third kappa shape index (κ3) is 4.06. The monoisotopic (exact) mass is 451 g/mol. The van der Waals surface area contributed by atoms with Gasteiger partial charge in [0, 0.05) is 18.2 Å². The van der Waals surface area contributed by atoms with E-state index in [0.29, 0.717) is 32.8 Å². The molecule has 0 bridgehead atoms. The summed E-state index contributed by atoms with van der Waals surface area (Å²) in [7, 11) is -8.09. The van der Waals surface area contributed by atoms with Gasteiger partial charge in [0.2, 0.25) is 20.0 Å². The van der Waals surface area contributed by atoms with Gasteiger partial charge in [-0.25, -0.2) is 16.8 Å². The Morgan fingerprint density at radius 1 is 1.13 bits per heavy atom. The lowest BCUT2D eigenvalue weighted by molar-refractivity contribution is 0.0712. The van der Waals surface area contributed by atoms with Gasteiger partial charge >= 0.3 is 0 Å². The molecule has 2 heterocycles. The predicted molar refractivity (Wildman–Crippen MR) is 116 cm³/mol. The number of nitrogens with zero attached hydrogens (tertiary/aromatic N) is 3. The largest absolute Gasteiger partial charge is 0.332 e. The first-order valence-corrected chi connectivity index (χ1v) is 13.2. The van der Waals surface area contributed by atoms with E-state index in [9.17, 15) is 21.6 Å². The number of rotatable bonds is 6. The van der Waals surface area contributed by atoms with Crippen LogP contribution in [-0.4, -0.2) is 51.2 Å². The maximum absolute atomic E-state index is 12.8. The zero-order valence-electron chi connectivity index (χ0n) is 17.6. The summed E-state index contributed by atoms with van der Waals surface area (Å²) in [4.78, 5) is 19.1. The predicted octanol–water partition coefficient (Wildman–Crippen LogP) is 2.54. The molecule has 3 rings (SSSR count). The minimum absolute atomic E-state index is 0.00904. The lowest BCUT2D eigenvalue weighted by Gasteiger charge is -2.22. The van der Waals surface area contributed by atoms with Crippen LogP contribution in [0.25, 0.3) is 11.3 Å². The van der Waals surface area contributed by atoms with E-state index in [2.05, 4.69) is 4.98 Å². The molecule has 8 nitrogen and oxygen atoms in total. The molecule has 0 saturated heterocycles. The first kappa shape index (κ1) is 22.2. The topological polar surface area (TPSA) is 105 Å². The number of hydrogen-bond acceptors (Lipinski definition) is 6. The van der Waals surface area contributed by atoms with Crippen molar-refractivity contribution in [2.24, 2.45) is 0 Å². The molecule has 0 fully saturated rings. The van der Waals surface area contributed by atoms with E-state index in [-0.39, 0.29) is 17.6 Å². The second-order valence-electron chi connectivity index (χ2n) is 7.59. The van der Waals surface area contributed by atoms with E-state index < -0.39 is 20.0 Å². The first-order valence-electron chi connectivity index (χ1n) is 9.47. The fourth-order valence-electron chi connectivity index (χ4n) is 3.69. The normalized spacial score (nSPS) is 15.2. The van der Waals surface area contributed by atoms with Gasteiger partial charge in [0.25, 0.3) is 5.91 Å². The number of benzene rings is 1. The number of anilines is 1. The smallest absolute Gasteiger partial charge is 0.256 e. The summed E-state index contributed by atoms with van der Waals surface area (Å²) in [6.45, 7) is 6.28. The Kier molecular flexibility index (Phi) is 5.68. The number of hydrogen-bond donors (Lipinski definition) is 0. The minimum atomic E-state index is -4.05. The summed E-state index contributed by atoms with van der Waals surface area (Å²) in [5.41, 5.74) is 3.17. The second kappa shape index (κ2) is 7.66. The van der Waals surface area contributed by atoms with Crippen molar-refractivity contribution in [1.82, 2.24) is 9.88 Å². The molecule has 0 aliphatic carbocycles. The molecule has 0 spiro atoms. The van der Waals surface area contributed by atoms with Crippen LogP contribution in [-0.2, 0) is 26.6 Å². The van der Waals surface area contributed by atoms with E-state index in [1.54, 1.807) is 19.1 Å². The van der Waals surface area contributed by atoms with Crippen molar-refractivity contribution >= 4 is 31.6 Å². The summed E-state index contributed by atoms with van der Waals surface area (Å²) in [5, 5.41) is 0. The molecule has 1 aromatic heterocycles. The van der Waals surface area contributed by atoms with Crippen molar-refractivity contribution in [1.29, 1.82) is 0 Å². The molecule has 1 aromatic carbocycles. The van der Waals surface area contributed by atoms with E-state index in [0.717, 1.165) is 24.5 Å². The number of sulfonamides is 2. The lowest BCUT2D eigenvalue weighted by atomic mass is 10.0. The van der Waals surface area contributed by atoms with Crippen LogP contribution in [0.15, 0.2) is 30.3 Å². The van der Waals surface area contributed by atoms with Crippen LogP contribution in [0.3, 0.4) is 0 Å². The fourth-order valence-corrected chi connectivity index (χ4v) is 6.65. The molecule has 1 aliphatic rings. The minimum Gasteiger partial charge on any atom is -0.332 e. The summed E-state index contributed by atoms with van der Waals surface area (Å²) < 4.78 is 48.7. The molecule has 0 radical (unpaired) electrons. The summed E-state index contributed by atoms with van der Waals surface area (Å²) in [6, 6.07) is 8.11. The average Bonchev–Trinajstić information content (AvgIpc) is 2.96. The average molecular weight is 452 g/mol. The molecule has 10 heteroatoms. The Hall–Kier alpha value is -2.46. The Morgan fingerprint density at radius 3 is 2.33 bits per heavy atom. The second-order valence-corrected chi connectivity index (χ2v) is 11.5. The number of aryl methyl sites for hydroxylation is 1. The van der Waals surface area contributed by atoms with Gasteiger partial charge in [0.1, 0.15) is 0 Å². The van der Waals surface area contributed by atoms with Crippen LogP contribution < -0.4 is 3.71 Å². The lowest BCUT2D eigenvalue weighted by Crippen LogP contribution is -2.35. The molecule has 1 amide bonds. The van der Waals surface area contributed by atoms with Gasteiger partial charge in [0.15, 0.2) is 0 Å². The number of amides is 1.